The Bertz CT molecular complexity index is 1910. The highest BCUT2D eigenvalue weighted by atomic mass is 19.1. The molecule has 4 aliphatic rings. The molecule has 2 N–H and O–H groups in total. The number of phenols is 1. The van der Waals surface area contributed by atoms with Gasteiger partial charge in [-0.25, -0.2) is 8.78 Å². The highest BCUT2D eigenvalue weighted by molar-refractivity contribution is 6.04. The van der Waals surface area contributed by atoms with Gasteiger partial charge in [0.05, 0.1) is 12.2 Å². The summed E-state index contributed by atoms with van der Waals surface area (Å²) >= 11 is 0. The van der Waals surface area contributed by atoms with Crippen molar-refractivity contribution in [3.8, 4) is 35.2 Å². The van der Waals surface area contributed by atoms with Crippen molar-refractivity contribution in [3.05, 3.63) is 53.6 Å². The first kappa shape index (κ1) is 30.3. The molecule has 4 heterocycles. The molecule has 3 aliphatic heterocycles. The minimum atomic E-state index is -0.835. The van der Waals surface area contributed by atoms with Crippen LogP contribution in [0.3, 0.4) is 0 Å². The summed E-state index contributed by atoms with van der Waals surface area (Å²) in [4.78, 5) is 16.5. The second-order valence-electron chi connectivity index (χ2n) is 14.2. The number of nitrogens with one attached hydrogen (secondary N) is 1. The molecule has 0 spiro atoms. The van der Waals surface area contributed by atoms with Crippen molar-refractivity contribution in [1.29, 1.82) is 0 Å². The van der Waals surface area contributed by atoms with E-state index in [9.17, 15) is 5.11 Å². The van der Waals surface area contributed by atoms with E-state index in [1.165, 1.54) is 18.2 Å². The number of hydrogen-bond donors (Lipinski definition) is 2. The Morgan fingerprint density at radius 3 is 2.60 bits per heavy atom. The fourth-order valence-corrected chi connectivity index (χ4v) is 8.00. The van der Waals surface area contributed by atoms with E-state index in [-0.39, 0.29) is 33.8 Å². The Kier molecular flexibility index (Phi) is 7.47. The number of anilines is 1. The maximum atomic E-state index is 16.9. The summed E-state index contributed by atoms with van der Waals surface area (Å²) in [7, 11) is 2.16. The maximum Gasteiger partial charge on any atom is 0.319 e. The van der Waals surface area contributed by atoms with E-state index < -0.39 is 11.6 Å². The lowest BCUT2D eigenvalue weighted by atomic mass is 9.93. The monoisotopic (exact) mass is 638 g/mol. The SMILES string of the molecule is C#Cc1cccc2cc(O)cc(-c3c(F)cc4c(N5CC6CCC(C5)N6)nc(OCC5(CN6CCN(C)C[C@@H]6C)CC5)nc4c3F)c12. The molecular weight excluding hydrogens is 598 g/mol. The number of aromatic nitrogens is 2. The number of ether oxygens (including phenoxy) is 1. The van der Waals surface area contributed by atoms with Crippen LogP contribution < -0.4 is 15.0 Å². The number of aromatic hydroxyl groups is 1. The van der Waals surface area contributed by atoms with E-state index >= 15 is 8.78 Å². The van der Waals surface area contributed by atoms with Gasteiger partial charge in [0.1, 0.15) is 22.9 Å². The van der Waals surface area contributed by atoms with E-state index in [1.54, 1.807) is 18.2 Å². The van der Waals surface area contributed by atoms with E-state index in [2.05, 4.69) is 44.9 Å². The molecule has 4 fully saturated rings. The largest absolute Gasteiger partial charge is 0.508 e. The number of nitrogens with zero attached hydrogens (tertiary/aromatic N) is 5. The topological polar surface area (TPSA) is 77.0 Å². The van der Waals surface area contributed by atoms with Crippen LogP contribution in [-0.2, 0) is 0 Å². The molecule has 8 nitrogen and oxygen atoms in total. The van der Waals surface area contributed by atoms with Gasteiger partial charge in [0.2, 0.25) is 0 Å². The Morgan fingerprint density at radius 2 is 1.87 bits per heavy atom. The zero-order valence-electron chi connectivity index (χ0n) is 26.9. The Balaban J connectivity index is 1.21. The zero-order chi connectivity index (χ0) is 32.4. The molecule has 2 unspecified atom stereocenters. The average molecular weight is 639 g/mol. The molecule has 0 amide bonds. The van der Waals surface area contributed by atoms with Gasteiger partial charge in [0, 0.05) is 84.7 Å². The minimum absolute atomic E-state index is 0.00934. The normalized spacial score (nSPS) is 24.1. The summed E-state index contributed by atoms with van der Waals surface area (Å²) in [6.45, 7) is 8.11. The third-order valence-electron chi connectivity index (χ3n) is 10.7. The van der Waals surface area contributed by atoms with Gasteiger partial charge < -0.3 is 25.0 Å². The summed E-state index contributed by atoms with van der Waals surface area (Å²) in [6, 6.07) is 10.6. The average Bonchev–Trinajstić information content (AvgIpc) is 3.74. The van der Waals surface area contributed by atoms with Crippen LogP contribution in [0.2, 0.25) is 0 Å². The van der Waals surface area contributed by atoms with Crippen LogP contribution in [0.25, 0.3) is 32.8 Å². The lowest BCUT2D eigenvalue weighted by molar-refractivity contribution is 0.0666. The zero-order valence-corrected chi connectivity index (χ0v) is 26.9. The van der Waals surface area contributed by atoms with E-state index in [0.717, 1.165) is 51.9 Å². The van der Waals surface area contributed by atoms with Crippen molar-refractivity contribution in [3.63, 3.8) is 0 Å². The predicted octanol–water partition coefficient (Wildman–Crippen LogP) is 5.15. The molecule has 1 aliphatic carbocycles. The summed E-state index contributed by atoms with van der Waals surface area (Å²) in [6.07, 6.45) is 10.0. The molecule has 3 aromatic carbocycles. The maximum absolute atomic E-state index is 16.9. The molecule has 0 radical (unpaired) electrons. The number of terminal acetylenes is 1. The number of likely N-dealkylation sites (N-methyl/N-ethyl adjacent to an activating group) is 1. The first-order valence-corrected chi connectivity index (χ1v) is 16.7. The van der Waals surface area contributed by atoms with Gasteiger partial charge in [-0.2, -0.15) is 9.97 Å². The third-order valence-corrected chi connectivity index (χ3v) is 10.7. The molecule has 8 rings (SSSR count). The fourth-order valence-electron chi connectivity index (χ4n) is 8.00. The van der Waals surface area contributed by atoms with Crippen LogP contribution in [0.4, 0.5) is 14.6 Å². The predicted molar refractivity (Wildman–Crippen MR) is 180 cm³/mol. The van der Waals surface area contributed by atoms with Gasteiger partial charge in [-0.1, -0.05) is 18.1 Å². The number of hydrogen-bond acceptors (Lipinski definition) is 8. The molecular formula is C37H40F2N6O2. The van der Waals surface area contributed by atoms with E-state index in [1.807, 2.05) is 0 Å². The molecule has 47 heavy (non-hydrogen) atoms. The standard InChI is InChI=1S/C37H40F2N6O2/c1-4-23-6-5-7-24-14-27(46)15-28(31(23)24)32-30(38)16-29-34(33(32)39)41-36(42-35(29)45-18-25-8-9-26(19-45)40-25)47-21-37(10-11-37)20-44-13-12-43(3)17-22(44)2/h1,5-7,14-16,22,25-26,40,46H,8-13,17-21H2,2-3H3/t22-,25?,26?/m0/s1. The third kappa shape index (κ3) is 5.54. The number of phenolic OH excluding ortho intramolecular Hbond substituents is 1. The second-order valence-corrected chi connectivity index (χ2v) is 14.2. The summed E-state index contributed by atoms with van der Waals surface area (Å²) in [5, 5.41) is 15.6. The molecule has 2 bridgehead atoms. The van der Waals surface area contributed by atoms with Crippen LogP contribution in [-0.4, -0.2) is 95.9 Å². The van der Waals surface area contributed by atoms with Gasteiger partial charge in [-0.3, -0.25) is 4.90 Å². The summed E-state index contributed by atoms with van der Waals surface area (Å²) in [5.74, 6) is 1.39. The van der Waals surface area contributed by atoms with Crippen LogP contribution >= 0.6 is 0 Å². The summed E-state index contributed by atoms with van der Waals surface area (Å²) < 4.78 is 39.5. The van der Waals surface area contributed by atoms with Gasteiger partial charge in [-0.05, 0) is 69.3 Å². The Hall–Kier alpha value is -4.04. The van der Waals surface area contributed by atoms with Crippen LogP contribution in [0.15, 0.2) is 36.4 Å². The Labute approximate surface area is 273 Å². The summed E-state index contributed by atoms with van der Waals surface area (Å²) in [5.41, 5.74) is 0.352. The number of piperazine rings is 2. The van der Waals surface area contributed by atoms with Gasteiger partial charge >= 0.3 is 6.01 Å². The van der Waals surface area contributed by atoms with E-state index in [4.69, 9.17) is 16.1 Å². The van der Waals surface area contributed by atoms with Crippen molar-refractivity contribution >= 4 is 27.5 Å². The lowest BCUT2D eigenvalue weighted by Gasteiger charge is -2.40. The molecule has 3 atom stereocenters. The first-order valence-electron chi connectivity index (χ1n) is 16.7. The molecule has 1 saturated carbocycles. The molecule has 10 heteroatoms. The molecule has 244 valence electrons. The van der Waals surface area contributed by atoms with E-state index in [0.29, 0.717) is 65.4 Å². The van der Waals surface area contributed by atoms with Crippen molar-refractivity contribution < 1.29 is 18.6 Å². The molecule has 4 aromatic rings. The smallest absolute Gasteiger partial charge is 0.319 e. The van der Waals surface area contributed by atoms with Crippen molar-refractivity contribution in [2.75, 3.05) is 57.8 Å². The quantitative estimate of drug-likeness (QED) is 0.270. The number of benzene rings is 3. The number of fused-ring (bicyclic) bond motifs is 4. The molecule has 1 aromatic heterocycles. The van der Waals surface area contributed by atoms with Crippen LogP contribution in [0.5, 0.6) is 11.8 Å². The van der Waals surface area contributed by atoms with Crippen LogP contribution in [0, 0.1) is 29.4 Å². The van der Waals surface area contributed by atoms with Crippen molar-refractivity contribution in [2.45, 2.75) is 50.7 Å². The Morgan fingerprint density at radius 1 is 1.09 bits per heavy atom. The fraction of sp³-hybridized carbons (Fsp3) is 0.459. The van der Waals surface area contributed by atoms with Gasteiger partial charge in [0.25, 0.3) is 0 Å². The first-order chi connectivity index (χ1) is 22.7. The van der Waals surface area contributed by atoms with Gasteiger partial charge in [-0.15, -0.1) is 6.42 Å². The second kappa shape index (κ2) is 11.6. The molecule has 3 saturated heterocycles. The number of rotatable bonds is 7. The number of halogens is 2. The van der Waals surface area contributed by atoms with Crippen molar-refractivity contribution in [2.24, 2.45) is 5.41 Å². The minimum Gasteiger partial charge on any atom is -0.508 e. The lowest BCUT2D eigenvalue weighted by Crippen LogP contribution is -2.52. The van der Waals surface area contributed by atoms with Crippen LogP contribution in [0.1, 0.15) is 38.2 Å². The highest BCUT2D eigenvalue weighted by Crippen LogP contribution is 2.47. The highest BCUT2D eigenvalue weighted by Gasteiger charge is 2.46. The van der Waals surface area contributed by atoms with Crippen molar-refractivity contribution in [1.82, 2.24) is 25.1 Å². The van der Waals surface area contributed by atoms with Gasteiger partial charge in [0.15, 0.2) is 5.82 Å².